The zero-order valence-corrected chi connectivity index (χ0v) is 15.4. The number of ether oxygens (including phenoxy) is 1. The summed E-state index contributed by atoms with van der Waals surface area (Å²) >= 11 is 0. The third-order valence-corrected chi connectivity index (χ3v) is 3.58. The second kappa shape index (κ2) is 8.27. The van der Waals surface area contributed by atoms with Gasteiger partial charge in [0.25, 0.3) is 0 Å². The maximum atomic E-state index is 11.5. The van der Waals surface area contributed by atoms with Crippen molar-refractivity contribution in [1.82, 2.24) is 15.2 Å². The molecule has 0 atom stereocenters. The van der Waals surface area contributed by atoms with Gasteiger partial charge in [-0.25, -0.2) is 0 Å². The van der Waals surface area contributed by atoms with Crippen molar-refractivity contribution < 1.29 is 9.53 Å². The number of benzene rings is 2. The Balaban J connectivity index is 1.70. The fourth-order valence-electron chi connectivity index (χ4n) is 2.40. The average Bonchev–Trinajstić information content (AvgIpc) is 2.63. The van der Waals surface area contributed by atoms with Crippen molar-refractivity contribution >= 4 is 28.9 Å². The van der Waals surface area contributed by atoms with Crippen molar-refractivity contribution in [2.24, 2.45) is 0 Å². The first kappa shape index (κ1) is 18.3. The molecule has 2 N–H and O–H groups in total. The summed E-state index contributed by atoms with van der Waals surface area (Å²) in [5, 5.41) is 14.2. The molecule has 3 aromatic rings. The van der Waals surface area contributed by atoms with Crippen LogP contribution in [0.4, 0.5) is 23.1 Å². The van der Waals surface area contributed by atoms with Gasteiger partial charge in [0, 0.05) is 16.9 Å². The molecule has 0 aliphatic rings. The summed E-state index contributed by atoms with van der Waals surface area (Å²) in [7, 11) is 0. The second-order valence-corrected chi connectivity index (χ2v) is 6.24. The fourth-order valence-corrected chi connectivity index (χ4v) is 2.40. The lowest BCUT2D eigenvalue weighted by molar-refractivity contribution is 0.101. The predicted octanol–water partition coefficient (Wildman–Crippen LogP) is 4.35. The third kappa shape index (κ3) is 5.24. The van der Waals surface area contributed by atoms with Crippen LogP contribution in [-0.4, -0.2) is 27.1 Å². The Labute approximate surface area is 157 Å². The van der Waals surface area contributed by atoms with Crippen LogP contribution in [0.3, 0.4) is 0 Å². The Morgan fingerprint density at radius 1 is 1.04 bits per heavy atom. The molecule has 0 saturated heterocycles. The minimum absolute atomic E-state index is 0.00621. The summed E-state index contributed by atoms with van der Waals surface area (Å²) < 4.78 is 5.63. The Hall–Kier alpha value is -3.48. The number of anilines is 4. The zero-order valence-electron chi connectivity index (χ0n) is 15.4. The average molecular weight is 363 g/mol. The number of ketones is 1. The summed E-state index contributed by atoms with van der Waals surface area (Å²) in [6.45, 7) is 5.50. The molecule has 0 radical (unpaired) electrons. The zero-order chi connectivity index (χ0) is 19.2. The van der Waals surface area contributed by atoms with E-state index >= 15 is 0 Å². The van der Waals surface area contributed by atoms with Crippen LogP contribution in [0, 0.1) is 0 Å². The van der Waals surface area contributed by atoms with Crippen LogP contribution < -0.4 is 15.4 Å². The van der Waals surface area contributed by atoms with Crippen LogP contribution >= 0.6 is 0 Å². The topological polar surface area (TPSA) is 89.0 Å². The van der Waals surface area contributed by atoms with E-state index < -0.39 is 0 Å². The number of hydrogen-bond acceptors (Lipinski definition) is 7. The number of nitrogens with one attached hydrogen (secondary N) is 2. The Morgan fingerprint density at radius 2 is 1.81 bits per heavy atom. The number of aromatic nitrogens is 3. The highest BCUT2D eigenvalue weighted by Gasteiger charge is 2.05. The summed E-state index contributed by atoms with van der Waals surface area (Å²) in [5.41, 5.74) is 2.21. The van der Waals surface area contributed by atoms with Crippen LogP contribution in [0.25, 0.3) is 0 Å². The molecule has 0 saturated carbocycles. The fraction of sp³-hybridized carbons (Fsp3) is 0.200. The molecule has 0 amide bonds. The molecule has 0 bridgehead atoms. The molecule has 138 valence electrons. The smallest absolute Gasteiger partial charge is 0.249 e. The molecule has 7 nitrogen and oxygen atoms in total. The van der Waals surface area contributed by atoms with Gasteiger partial charge in [-0.2, -0.15) is 10.1 Å². The van der Waals surface area contributed by atoms with E-state index in [-0.39, 0.29) is 11.9 Å². The first-order chi connectivity index (χ1) is 13.0. The van der Waals surface area contributed by atoms with Crippen molar-refractivity contribution in [3.05, 3.63) is 60.3 Å². The summed E-state index contributed by atoms with van der Waals surface area (Å²) in [6, 6.07) is 14.7. The van der Waals surface area contributed by atoms with Crippen molar-refractivity contribution in [2.45, 2.75) is 26.9 Å². The van der Waals surface area contributed by atoms with Gasteiger partial charge < -0.3 is 15.4 Å². The minimum atomic E-state index is 0.00621. The molecule has 3 rings (SSSR count). The minimum Gasteiger partial charge on any atom is -0.491 e. The van der Waals surface area contributed by atoms with Gasteiger partial charge in [0.2, 0.25) is 5.95 Å². The van der Waals surface area contributed by atoms with Crippen molar-refractivity contribution in [2.75, 3.05) is 10.6 Å². The highest BCUT2D eigenvalue weighted by molar-refractivity contribution is 5.95. The van der Waals surface area contributed by atoms with E-state index in [1.807, 2.05) is 50.2 Å². The van der Waals surface area contributed by atoms with Crippen LogP contribution in [0.5, 0.6) is 5.75 Å². The molecule has 0 spiro atoms. The van der Waals surface area contributed by atoms with E-state index in [1.54, 1.807) is 12.1 Å². The Kier molecular flexibility index (Phi) is 5.61. The quantitative estimate of drug-likeness (QED) is 0.603. The van der Waals surface area contributed by atoms with E-state index in [2.05, 4.69) is 25.8 Å². The molecule has 0 aliphatic heterocycles. The largest absolute Gasteiger partial charge is 0.491 e. The van der Waals surface area contributed by atoms with E-state index in [0.717, 1.165) is 17.1 Å². The van der Waals surface area contributed by atoms with Crippen LogP contribution in [0.1, 0.15) is 31.1 Å². The maximum Gasteiger partial charge on any atom is 0.249 e. The van der Waals surface area contributed by atoms with E-state index in [1.165, 1.54) is 13.1 Å². The summed E-state index contributed by atoms with van der Waals surface area (Å²) in [6.07, 6.45) is 1.64. The molecule has 0 unspecified atom stereocenters. The summed E-state index contributed by atoms with van der Waals surface area (Å²) in [5.74, 6) is 1.69. The van der Waals surface area contributed by atoms with E-state index in [9.17, 15) is 4.79 Å². The molecule has 1 aromatic heterocycles. The Bertz CT molecular complexity index is 926. The molecule has 7 heteroatoms. The molecule has 0 fully saturated rings. The second-order valence-electron chi connectivity index (χ2n) is 6.24. The van der Waals surface area contributed by atoms with Crippen molar-refractivity contribution in [3.63, 3.8) is 0 Å². The van der Waals surface area contributed by atoms with Crippen molar-refractivity contribution in [1.29, 1.82) is 0 Å². The molecule has 27 heavy (non-hydrogen) atoms. The standard InChI is InChI=1S/C20H21N5O2/c1-13(2)27-18-9-7-16(8-10-18)23-20-24-19(12-21-25-20)22-17-6-4-5-15(11-17)14(3)26/h4-13H,1-3H3,(H2,22,23,24,25). The number of rotatable bonds is 7. The first-order valence-electron chi connectivity index (χ1n) is 8.61. The van der Waals surface area contributed by atoms with Gasteiger partial charge in [0.05, 0.1) is 12.3 Å². The maximum absolute atomic E-state index is 11.5. The highest BCUT2D eigenvalue weighted by Crippen LogP contribution is 2.20. The van der Waals surface area contributed by atoms with Crippen molar-refractivity contribution in [3.8, 4) is 5.75 Å². The van der Waals surface area contributed by atoms with Gasteiger partial charge in [-0.15, -0.1) is 5.10 Å². The third-order valence-electron chi connectivity index (χ3n) is 3.58. The lowest BCUT2D eigenvalue weighted by Gasteiger charge is -2.11. The number of Topliss-reactive ketones (excluding diaryl/α,β-unsaturated/α-hetero) is 1. The molecular formula is C20H21N5O2. The van der Waals surface area contributed by atoms with Gasteiger partial charge >= 0.3 is 0 Å². The lowest BCUT2D eigenvalue weighted by Crippen LogP contribution is -2.05. The predicted molar refractivity (Wildman–Crippen MR) is 105 cm³/mol. The first-order valence-corrected chi connectivity index (χ1v) is 8.61. The van der Waals surface area contributed by atoms with Crippen LogP contribution in [0.15, 0.2) is 54.7 Å². The number of hydrogen-bond donors (Lipinski definition) is 2. The molecule has 1 heterocycles. The molecular weight excluding hydrogens is 342 g/mol. The van der Waals surface area contributed by atoms with Gasteiger partial charge in [0.15, 0.2) is 11.6 Å². The van der Waals surface area contributed by atoms with Gasteiger partial charge in [-0.05, 0) is 57.2 Å². The van der Waals surface area contributed by atoms with Gasteiger partial charge in [-0.1, -0.05) is 12.1 Å². The number of nitrogens with zero attached hydrogens (tertiary/aromatic N) is 3. The van der Waals surface area contributed by atoms with Crippen LogP contribution in [-0.2, 0) is 0 Å². The van der Waals surface area contributed by atoms with Gasteiger partial charge in [0.1, 0.15) is 5.75 Å². The molecule has 0 aliphatic carbocycles. The lowest BCUT2D eigenvalue weighted by atomic mass is 10.1. The number of carbonyl (C=O) groups is 1. The highest BCUT2D eigenvalue weighted by atomic mass is 16.5. The monoisotopic (exact) mass is 363 g/mol. The van der Waals surface area contributed by atoms with E-state index in [4.69, 9.17) is 4.74 Å². The normalized spacial score (nSPS) is 10.5. The molecule has 2 aromatic carbocycles. The SMILES string of the molecule is CC(=O)c1cccc(Nc2cnnc(Nc3ccc(OC(C)C)cc3)n2)c1. The number of carbonyl (C=O) groups excluding carboxylic acids is 1. The van der Waals surface area contributed by atoms with Crippen LogP contribution in [0.2, 0.25) is 0 Å². The Morgan fingerprint density at radius 3 is 2.52 bits per heavy atom. The van der Waals surface area contributed by atoms with E-state index in [0.29, 0.717) is 17.3 Å². The van der Waals surface area contributed by atoms with Gasteiger partial charge in [-0.3, -0.25) is 4.79 Å². The summed E-state index contributed by atoms with van der Waals surface area (Å²) in [4.78, 5) is 15.9.